The third kappa shape index (κ3) is 4.44. The van der Waals surface area contributed by atoms with Gasteiger partial charge in [0.1, 0.15) is 12.4 Å². The van der Waals surface area contributed by atoms with Crippen LogP contribution >= 0.6 is 15.9 Å². The highest BCUT2D eigenvalue weighted by atomic mass is 79.9. The van der Waals surface area contributed by atoms with E-state index in [1.54, 1.807) is 6.08 Å². The van der Waals surface area contributed by atoms with Crippen molar-refractivity contribution in [3.05, 3.63) is 53.0 Å². The fraction of sp³-hybridized carbons (Fsp3) is 0.350. The molecule has 0 spiro atoms. The molecule has 5 nitrogen and oxygen atoms in total. The quantitative estimate of drug-likeness (QED) is 0.701. The van der Waals surface area contributed by atoms with Gasteiger partial charge in [-0.25, -0.2) is 0 Å². The third-order valence-electron chi connectivity index (χ3n) is 4.35. The molecular formula is C20H23BrN2O3. The lowest BCUT2D eigenvalue weighted by atomic mass is 10.0. The summed E-state index contributed by atoms with van der Waals surface area (Å²) in [5.74, 6) is 0.455. The molecule has 0 saturated carbocycles. The van der Waals surface area contributed by atoms with E-state index in [0.29, 0.717) is 24.5 Å². The van der Waals surface area contributed by atoms with Crippen molar-refractivity contribution in [1.82, 2.24) is 10.2 Å². The molecule has 0 radical (unpaired) electrons. The SMILES string of the molecule is C=CCOc1c(C(=O)NCCN2CCOCC2)cc(Br)c2ccccc12. The first-order valence-electron chi connectivity index (χ1n) is 8.74. The molecule has 1 aliphatic heterocycles. The maximum atomic E-state index is 12.8. The van der Waals surface area contributed by atoms with Crippen molar-refractivity contribution in [3.8, 4) is 5.75 Å². The van der Waals surface area contributed by atoms with Crippen LogP contribution in [0.5, 0.6) is 5.75 Å². The summed E-state index contributed by atoms with van der Waals surface area (Å²) in [6, 6.07) is 9.69. The first kappa shape index (κ1) is 18.9. The summed E-state index contributed by atoms with van der Waals surface area (Å²) < 4.78 is 12.1. The Morgan fingerprint density at radius 2 is 2.04 bits per heavy atom. The van der Waals surface area contributed by atoms with Gasteiger partial charge < -0.3 is 14.8 Å². The van der Waals surface area contributed by atoms with Crippen LogP contribution in [0.1, 0.15) is 10.4 Å². The second kappa shape index (κ2) is 9.16. The first-order valence-corrected chi connectivity index (χ1v) is 9.53. The highest BCUT2D eigenvalue weighted by Gasteiger charge is 2.18. The zero-order chi connectivity index (χ0) is 18.4. The fourth-order valence-electron chi connectivity index (χ4n) is 3.02. The van der Waals surface area contributed by atoms with Crippen LogP contribution in [0.4, 0.5) is 0 Å². The number of amides is 1. The molecular weight excluding hydrogens is 396 g/mol. The van der Waals surface area contributed by atoms with Gasteiger partial charge in [-0.15, -0.1) is 0 Å². The molecule has 138 valence electrons. The Kier molecular flexibility index (Phi) is 6.66. The van der Waals surface area contributed by atoms with E-state index >= 15 is 0 Å². The predicted octanol–water partition coefficient (Wildman–Crippen LogP) is 3.23. The van der Waals surface area contributed by atoms with Crippen LogP contribution in [0.2, 0.25) is 0 Å². The van der Waals surface area contributed by atoms with Gasteiger partial charge in [0.25, 0.3) is 5.91 Å². The third-order valence-corrected chi connectivity index (χ3v) is 5.01. The molecule has 1 aliphatic rings. The van der Waals surface area contributed by atoms with Gasteiger partial charge in [0.2, 0.25) is 0 Å². The van der Waals surface area contributed by atoms with Crippen molar-refractivity contribution >= 4 is 32.6 Å². The van der Waals surface area contributed by atoms with Crippen LogP contribution in [0.15, 0.2) is 47.5 Å². The normalized spacial score (nSPS) is 15.0. The molecule has 0 aromatic heterocycles. The molecule has 3 rings (SSSR count). The number of ether oxygens (including phenoxy) is 2. The summed E-state index contributed by atoms with van der Waals surface area (Å²) in [6.45, 7) is 8.77. The number of fused-ring (bicyclic) bond motifs is 1. The van der Waals surface area contributed by atoms with Crippen molar-refractivity contribution in [2.45, 2.75) is 0 Å². The van der Waals surface area contributed by atoms with Crippen molar-refractivity contribution in [2.75, 3.05) is 46.0 Å². The second-order valence-electron chi connectivity index (χ2n) is 6.09. The predicted molar refractivity (Wildman–Crippen MR) is 107 cm³/mol. The molecule has 1 fully saturated rings. The second-order valence-corrected chi connectivity index (χ2v) is 6.94. The van der Waals surface area contributed by atoms with E-state index in [4.69, 9.17) is 9.47 Å². The van der Waals surface area contributed by atoms with E-state index in [0.717, 1.165) is 48.1 Å². The highest BCUT2D eigenvalue weighted by molar-refractivity contribution is 9.10. The molecule has 1 heterocycles. The van der Waals surface area contributed by atoms with Gasteiger partial charge in [-0.05, 0) is 11.5 Å². The maximum Gasteiger partial charge on any atom is 0.255 e. The summed E-state index contributed by atoms with van der Waals surface area (Å²) in [4.78, 5) is 15.1. The standard InChI is InChI=1S/C20H23BrN2O3/c1-2-11-26-19-16-6-4-3-5-15(16)18(21)14-17(19)20(24)22-7-8-23-9-12-25-13-10-23/h2-6,14H,1,7-13H2,(H,22,24). The topological polar surface area (TPSA) is 50.8 Å². The van der Waals surface area contributed by atoms with Gasteiger partial charge in [0, 0.05) is 36.0 Å². The van der Waals surface area contributed by atoms with E-state index in [-0.39, 0.29) is 5.91 Å². The van der Waals surface area contributed by atoms with Crippen molar-refractivity contribution in [2.24, 2.45) is 0 Å². The van der Waals surface area contributed by atoms with Crippen molar-refractivity contribution in [3.63, 3.8) is 0 Å². The minimum absolute atomic E-state index is 0.135. The van der Waals surface area contributed by atoms with Crippen LogP contribution in [0.25, 0.3) is 10.8 Å². The Balaban J connectivity index is 1.78. The molecule has 1 amide bonds. The van der Waals surface area contributed by atoms with E-state index < -0.39 is 0 Å². The zero-order valence-corrected chi connectivity index (χ0v) is 16.3. The number of hydrogen-bond acceptors (Lipinski definition) is 4. The minimum atomic E-state index is -0.135. The van der Waals surface area contributed by atoms with Gasteiger partial charge >= 0.3 is 0 Å². The Hall–Kier alpha value is -1.89. The van der Waals surface area contributed by atoms with Gasteiger partial charge in [-0.3, -0.25) is 9.69 Å². The van der Waals surface area contributed by atoms with Gasteiger partial charge in [-0.2, -0.15) is 0 Å². The molecule has 0 atom stereocenters. The fourth-order valence-corrected chi connectivity index (χ4v) is 3.59. The molecule has 0 bridgehead atoms. The number of carbonyl (C=O) groups is 1. The molecule has 0 unspecified atom stereocenters. The number of nitrogens with zero attached hydrogens (tertiary/aromatic N) is 1. The summed E-state index contributed by atoms with van der Waals surface area (Å²) in [7, 11) is 0. The van der Waals surface area contributed by atoms with Crippen molar-refractivity contribution < 1.29 is 14.3 Å². The van der Waals surface area contributed by atoms with Crippen LogP contribution in [0, 0.1) is 0 Å². The minimum Gasteiger partial charge on any atom is -0.488 e. The summed E-state index contributed by atoms with van der Waals surface area (Å²) in [5, 5.41) is 4.92. The van der Waals surface area contributed by atoms with Crippen LogP contribution < -0.4 is 10.1 Å². The van der Waals surface area contributed by atoms with Crippen LogP contribution in [-0.2, 0) is 4.74 Å². The number of rotatable bonds is 7. The Morgan fingerprint density at radius 1 is 1.31 bits per heavy atom. The highest BCUT2D eigenvalue weighted by Crippen LogP contribution is 2.35. The zero-order valence-electron chi connectivity index (χ0n) is 14.7. The molecule has 0 aliphatic carbocycles. The molecule has 2 aromatic carbocycles. The lowest BCUT2D eigenvalue weighted by molar-refractivity contribution is 0.0383. The van der Waals surface area contributed by atoms with E-state index in [1.807, 2.05) is 30.3 Å². The molecule has 1 saturated heterocycles. The largest absolute Gasteiger partial charge is 0.488 e. The van der Waals surface area contributed by atoms with Gasteiger partial charge in [0.15, 0.2) is 0 Å². The van der Waals surface area contributed by atoms with Gasteiger partial charge in [0.05, 0.1) is 18.8 Å². The van der Waals surface area contributed by atoms with Crippen LogP contribution in [0.3, 0.4) is 0 Å². The molecule has 1 N–H and O–H groups in total. The van der Waals surface area contributed by atoms with E-state index in [9.17, 15) is 4.79 Å². The maximum absolute atomic E-state index is 12.8. The summed E-state index contributed by atoms with van der Waals surface area (Å²) >= 11 is 3.57. The lowest BCUT2D eigenvalue weighted by Gasteiger charge is -2.26. The number of morpholine rings is 1. The summed E-state index contributed by atoms with van der Waals surface area (Å²) in [5.41, 5.74) is 0.527. The Bertz CT molecular complexity index is 788. The number of halogens is 1. The Morgan fingerprint density at radius 3 is 2.77 bits per heavy atom. The molecule has 6 heteroatoms. The first-order chi connectivity index (χ1) is 12.7. The monoisotopic (exact) mass is 418 g/mol. The average molecular weight is 419 g/mol. The Labute approximate surface area is 162 Å². The molecule has 2 aromatic rings. The smallest absolute Gasteiger partial charge is 0.255 e. The average Bonchev–Trinajstić information content (AvgIpc) is 2.68. The number of nitrogens with one attached hydrogen (secondary N) is 1. The number of hydrogen-bond donors (Lipinski definition) is 1. The van der Waals surface area contributed by atoms with E-state index in [2.05, 4.69) is 32.7 Å². The number of benzene rings is 2. The van der Waals surface area contributed by atoms with E-state index in [1.165, 1.54) is 0 Å². The van der Waals surface area contributed by atoms with Gasteiger partial charge in [-0.1, -0.05) is 52.9 Å². The lowest BCUT2D eigenvalue weighted by Crippen LogP contribution is -2.41. The molecule has 26 heavy (non-hydrogen) atoms. The van der Waals surface area contributed by atoms with Crippen molar-refractivity contribution in [1.29, 1.82) is 0 Å². The number of carbonyl (C=O) groups excluding carboxylic acids is 1. The summed E-state index contributed by atoms with van der Waals surface area (Å²) in [6.07, 6.45) is 1.68. The van der Waals surface area contributed by atoms with Crippen LogP contribution in [-0.4, -0.2) is 56.8 Å².